The average Bonchev–Trinajstić information content (AvgIpc) is 3.35. The van der Waals surface area contributed by atoms with Crippen LogP contribution in [0.4, 0.5) is 17.1 Å². The van der Waals surface area contributed by atoms with Crippen molar-refractivity contribution in [3.8, 4) is 67.1 Å². The van der Waals surface area contributed by atoms with Gasteiger partial charge in [0.1, 0.15) is 11.5 Å². The minimum absolute atomic E-state index is 0.117. The molecule has 0 bridgehead atoms. The van der Waals surface area contributed by atoms with Crippen molar-refractivity contribution in [2.24, 2.45) is 0 Å². The van der Waals surface area contributed by atoms with Gasteiger partial charge in [0.2, 0.25) is 0 Å². The number of fused-ring (bicyclic) bond motifs is 8. The second-order valence-corrected chi connectivity index (χ2v) is 14.6. The molecule has 2 aliphatic rings. The van der Waals surface area contributed by atoms with Crippen molar-refractivity contribution in [2.45, 2.75) is 19.3 Å². The number of para-hydroxylation sites is 1. The Hall–Kier alpha value is -6.64. The molecular weight excluding hydrogens is 643 g/mol. The quantitative estimate of drug-likeness (QED) is 0.180. The Morgan fingerprint density at radius 1 is 0.340 bits per heavy atom. The highest BCUT2D eigenvalue weighted by atomic mass is 16.5. The van der Waals surface area contributed by atoms with Gasteiger partial charge in [0, 0.05) is 39.7 Å². The third kappa shape index (κ3) is 5.18. The molecule has 2 heteroatoms. The van der Waals surface area contributed by atoms with Crippen LogP contribution in [0, 0.1) is 0 Å². The summed E-state index contributed by atoms with van der Waals surface area (Å²) in [6.07, 6.45) is 0. The van der Waals surface area contributed by atoms with Gasteiger partial charge >= 0.3 is 0 Å². The van der Waals surface area contributed by atoms with Gasteiger partial charge < -0.3 is 9.64 Å². The highest BCUT2D eigenvalue weighted by Crippen LogP contribution is 2.52. The summed E-state index contributed by atoms with van der Waals surface area (Å²) in [6, 6.07) is 67.7. The first kappa shape index (κ1) is 31.1. The summed E-state index contributed by atoms with van der Waals surface area (Å²) in [5.74, 6) is 1.69. The van der Waals surface area contributed by atoms with Gasteiger partial charge in [0.25, 0.3) is 0 Å². The highest BCUT2D eigenvalue weighted by Gasteiger charge is 2.36. The lowest BCUT2D eigenvalue weighted by Gasteiger charge is -2.29. The molecule has 0 radical (unpaired) electrons. The molecule has 0 atom stereocenters. The predicted octanol–water partition coefficient (Wildman–Crippen LogP) is 14.2. The zero-order valence-corrected chi connectivity index (χ0v) is 29.8. The van der Waals surface area contributed by atoms with Gasteiger partial charge in [-0.2, -0.15) is 0 Å². The third-order valence-electron chi connectivity index (χ3n) is 11.1. The average molecular weight is 680 g/mol. The Labute approximate surface area is 311 Å². The molecule has 1 heterocycles. The maximum atomic E-state index is 6.89. The fourth-order valence-corrected chi connectivity index (χ4v) is 8.38. The van der Waals surface area contributed by atoms with Crippen molar-refractivity contribution in [1.29, 1.82) is 0 Å². The molecule has 8 aromatic carbocycles. The fourth-order valence-electron chi connectivity index (χ4n) is 8.38. The molecule has 8 aromatic rings. The van der Waals surface area contributed by atoms with Crippen LogP contribution in [-0.2, 0) is 5.41 Å². The summed E-state index contributed by atoms with van der Waals surface area (Å²) in [5.41, 5.74) is 17.7. The van der Waals surface area contributed by atoms with E-state index in [-0.39, 0.29) is 5.41 Å². The van der Waals surface area contributed by atoms with Crippen LogP contribution in [-0.4, -0.2) is 0 Å². The lowest BCUT2D eigenvalue weighted by Crippen LogP contribution is -2.16. The van der Waals surface area contributed by atoms with Crippen LogP contribution in [0.1, 0.15) is 25.0 Å². The monoisotopic (exact) mass is 679 g/mol. The Kier molecular flexibility index (Phi) is 7.19. The van der Waals surface area contributed by atoms with Crippen LogP contribution in [0.15, 0.2) is 188 Å². The predicted molar refractivity (Wildman–Crippen MR) is 221 cm³/mol. The largest absolute Gasteiger partial charge is 0.456 e. The molecule has 10 rings (SSSR count). The van der Waals surface area contributed by atoms with Crippen LogP contribution in [0.2, 0.25) is 0 Å². The summed E-state index contributed by atoms with van der Waals surface area (Å²) in [5, 5.41) is 0. The number of ether oxygens (including phenoxy) is 1. The summed E-state index contributed by atoms with van der Waals surface area (Å²) in [7, 11) is 0. The normalized spacial score (nSPS) is 13.0. The van der Waals surface area contributed by atoms with Gasteiger partial charge in [-0.15, -0.1) is 0 Å². The van der Waals surface area contributed by atoms with Crippen molar-refractivity contribution in [3.05, 3.63) is 199 Å². The van der Waals surface area contributed by atoms with Gasteiger partial charge in [-0.05, 0) is 104 Å². The summed E-state index contributed by atoms with van der Waals surface area (Å²) >= 11 is 0. The molecule has 1 aliphatic carbocycles. The minimum atomic E-state index is -0.117. The summed E-state index contributed by atoms with van der Waals surface area (Å²) in [4.78, 5) is 2.37. The van der Waals surface area contributed by atoms with Crippen LogP contribution in [0.25, 0.3) is 55.6 Å². The van der Waals surface area contributed by atoms with E-state index in [4.69, 9.17) is 4.74 Å². The summed E-state index contributed by atoms with van der Waals surface area (Å²) < 4.78 is 6.89. The molecule has 0 amide bonds. The fraction of sp³-hybridized carbons (Fsp3) is 0.0588. The third-order valence-corrected chi connectivity index (χ3v) is 11.1. The highest BCUT2D eigenvalue weighted by molar-refractivity contribution is 5.94. The van der Waals surface area contributed by atoms with Gasteiger partial charge in [-0.1, -0.05) is 147 Å². The molecule has 2 nitrogen and oxygen atoms in total. The molecule has 0 saturated heterocycles. The van der Waals surface area contributed by atoms with E-state index < -0.39 is 0 Å². The number of hydrogen-bond donors (Lipinski definition) is 0. The number of hydrogen-bond acceptors (Lipinski definition) is 2. The number of anilines is 3. The molecule has 0 saturated carbocycles. The minimum Gasteiger partial charge on any atom is -0.456 e. The van der Waals surface area contributed by atoms with E-state index in [2.05, 4.69) is 207 Å². The Balaban J connectivity index is 1.13. The van der Waals surface area contributed by atoms with E-state index in [0.29, 0.717) is 0 Å². The van der Waals surface area contributed by atoms with E-state index in [0.717, 1.165) is 45.3 Å². The lowest BCUT2D eigenvalue weighted by atomic mass is 9.82. The maximum absolute atomic E-state index is 6.89. The first-order valence-electron chi connectivity index (χ1n) is 18.3. The van der Waals surface area contributed by atoms with Crippen LogP contribution < -0.4 is 9.64 Å². The molecule has 1 aliphatic heterocycles. The van der Waals surface area contributed by atoms with Crippen molar-refractivity contribution >= 4 is 17.1 Å². The van der Waals surface area contributed by atoms with Crippen molar-refractivity contribution < 1.29 is 4.74 Å². The second-order valence-electron chi connectivity index (χ2n) is 14.6. The van der Waals surface area contributed by atoms with Crippen molar-refractivity contribution in [1.82, 2.24) is 0 Å². The smallest absolute Gasteiger partial charge is 0.137 e. The molecule has 53 heavy (non-hydrogen) atoms. The Bertz CT molecular complexity index is 2660. The van der Waals surface area contributed by atoms with Crippen LogP contribution in [0.3, 0.4) is 0 Å². The first-order chi connectivity index (χ1) is 26.0. The van der Waals surface area contributed by atoms with Crippen LogP contribution in [0.5, 0.6) is 11.5 Å². The number of benzene rings is 8. The number of nitrogens with zero attached hydrogens (tertiary/aromatic N) is 1. The molecule has 0 N–H and O–H groups in total. The van der Waals surface area contributed by atoms with E-state index in [1.165, 1.54) is 50.1 Å². The zero-order valence-electron chi connectivity index (χ0n) is 29.8. The zero-order chi connectivity index (χ0) is 35.5. The Morgan fingerprint density at radius 2 is 0.849 bits per heavy atom. The van der Waals surface area contributed by atoms with E-state index >= 15 is 0 Å². The van der Waals surface area contributed by atoms with Gasteiger partial charge in [0.05, 0.1) is 0 Å². The first-order valence-corrected chi connectivity index (χ1v) is 18.3. The van der Waals surface area contributed by atoms with E-state index in [9.17, 15) is 0 Å². The van der Waals surface area contributed by atoms with Gasteiger partial charge in [0.15, 0.2) is 0 Å². The molecule has 0 spiro atoms. The summed E-state index contributed by atoms with van der Waals surface area (Å²) in [6.45, 7) is 4.68. The molecule has 0 unspecified atom stereocenters. The molecule has 0 aromatic heterocycles. The standard InChI is InChI=1S/C51H37NO/c1-51(2)47-19-11-9-17-42(47)43-29-26-39(32-48(43)51)52(38-24-21-36(22-25-38)34-13-5-3-6-14-34)40-27-30-45-41-28-23-37(35-15-7-4-8-16-35)31-46(41)44-18-10-12-20-49(44)53-50(45)33-40/h3-33H,1-2H3. The van der Waals surface area contributed by atoms with Crippen LogP contribution >= 0.6 is 0 Å². The van der Waals surface area contributed by atoms with Gasteiger partial charge in [-0.25, -0.2) is 0 Å². The molecular formula is C51H37NO. The topological polar surface area (TPSA) is 12.5 Å². The SMILES string of the molecule is CC1(C)c2ccccc2-c2ccc(N(c3ccc(-c4ccccc4)cc3)c3ccc4c(c3)Oc3ccccc3-c3cc(-c5ccccc5)ccc3-4)cc21. The van der Waals surface area contributed by atoms with Crippen molar-refractivity contribution in [3.63, 3.8) is 0 Å². The molecule has 252 valence electrons. The maximum Gasteiger partial charge on any atom is 0.137 e. The van der Waals surface area contributed by atoms with E-state index in [1.807, 2.05) is 0 Å². The lowest BCUT2D eigenvalue weighted by molar-refractivity contribution is 0.488. The van der Waals surface area contributed by atoms with E-state index in [1.54, 1.807) is 0 Å². The van der Waals surface area contributed by atoms with Crippen molar-refractivity contribution in [2.75, 3.05) is 4.90 Å². The number of rotatable bonds is 5. The van der Waals surface area contributed by atoms with Gasteiger partial charge in [-0.3, -0.25) is 0 Å². The second kappa shape index (κ2) is 12.3. The Morgan fingerprint density at radius 3 is 1.60 bits per heavy atom. The molecule has 0 fully saturated rings.